The van der Waals surface area contributed by atoms with Crippen LogP contribution in [0.5, 0.6) is 5.75 Å². The topological polar surface area (TPSA) is 71.6 Å². The van der Waals surface area contributed by atoms with Gasteiger partial charge in [0, 0.05) is 12.6 Å². The monoisotopic (exact) mass is 409 g/mol. The van der Waals surface area contributed by atoms with E-state index in [9.17, 15) is 9.18 Å². The molecule has 1 atom stereocenters. The molecular weight excluding hydrogens is 373 g/mol. The minimum Gasteiger partial charge on any atom is -0.490 e. The van der Waals surface area contributed by atoms with Crippen LogP contribution in [0.25, 0.3) is 0 Å². The predicted molar refractivity (Wildman–Crippen MR) is 112 cm³/mol. The van der Waals surface area contributed by atoms with Gasteiger partial charge < -0.3 is 14.8 Å². The maximum absolute atomic E-state index is 13.9. The van der Waals surface area contributed by atoms with Gasteiger partial charge in [0.25, 0.3) is 0 Å². The largest absolute Gasteiger partial charge is 0.490 e. The summed E-state index contributed by atoms with van der Waals surface area (Å²) in [4.78, 5) is 11.2. The van der Waals surface area contributed by atoms with Crippen LogP contribution < -0.4 is 20.9 Å². The zero-order valence-electron chi connectivity index (χ0n) is 17.8. The maximum Gasteiger partial charge on any atom is 0.319 e. The second kappa shape index (κ2) is 13.5. The molecule has 7 heteroatoms. The van der Waals surface area contributed by atoms with Crippen molar-refractivity contribution in [2.75, 3.05) is 32.8 Å². The number of carbonyl (C=O) groups is 1. The van der Waals surface area contributed by atoms with Gasteiger partial charge in [-0.2, -0.15) is 0 Å². The van der Waals surface area contributed by atoms with Crippen LogP contribution in [0.15, 0.2) is 18.2 Å². The van der Waals surface area contributed by atoms with Crippen molar-refractivity contribution >= 4 is 5.97 Å². The number of rotatable bonds is 16. The summed E-state index contributed by atoms with van der Waals surface area (Å²) in [6.07, 6.45) is 6.73. The maximum atomic E-state index is 13.9. The van der Waals surface area contributed by atoms with Gasteiger partial charge in [-0.15, -0.1) is 0 Å². The molecule has 0 aromatic heterocycles. The number of ether oxygens (including phenoxy) is 2. The summed E-state index contributed by atoms with van der Waals surface area (Å²) in [6.45, 7) is 6.87. The molecule has 29 heavy (non-hydrogen) atoms. The molecule has 1 aliphatic carbocycles. The molecule has 1 aliphatic rings. The molecule has 0 bridgehead atoms. The number of hydrogen-bond acceptors (Lipinski definition) is 6. The Balaban J connectivity index is 1.50. The molecule has 1 unspecified atom stereocenters. The first-order chi connectivity index (χ1) is 14.1. The Morgan fingerprint density at radius 1 is 1.21 bits per heavy atom. The van der Waals surface area contributed by atoms with E-state index < -0.39 is 0 Å². The first kappa shape index (κ1) is 23.6. The van der Waals surface area contributed by atoms with E-state index in [2.05, 4.69) is 16.2 Å². The molecule has 0 aliphatic heterocycles. The van der Waals surface area contributed by atoms with Gasteiger partial charge in [0.1, 0.15) is 0 Å². The highest BCUT2D eigenvalue weighted by Gasteiger charge is 2.22. The highest BCUT2D eigenvalue weighted by atomic mass is 19.1. The van der Waals surface area contributed by atoms with Crippen molar-refractivity contribution in [2.45, 2.75) is 58.4 Å². The number of esters is 1. The summed E-state index contributed by atoms with van der Waals surface area (Å²) in [7, 11) is 0. The van der Waals surface area contributed by atoms with E-state index in [4.69, 9.17) is 9.47 Å². The fourth-order valence-electron chi connectivity index (χ4n) is 2.92. The van der Waals surface area contributed by atoms with Crippen LogP contribution >= 0.6 is 0 Å². The summed E-state index contributed by atoms with van der Waals surface area (Å²) in [5.41, 5.74) is 7.51. The Labute approximate surface area is 173 Å². The number of halogens is 1. The zero-order chi connectivity index (χ0) is 20.9. The van der Waals surface area contributed by atoms with Gasteiger partial charge in [-0.05, 0) is 69.7 Å². The second-order valence-corrected chi connectivity index (χ2v) is 7.63. The number of carbonyl (C=O) groups excluding carboxylic acids is 1. The van der Waals surface area contributed by atoms with E-state index in [1.165, 1.54) is 18.9 Å². The van der Waals surface area contributed by atoms with Crippen LogP contribution in [0.3, 0.4) is 0 Å². The zero-order valence-corrected chi connectivity index (χ0v) is 17.8. The van der Waals surface area contributed by atoms with E-state index in [1.807, 2.05) is 13.8 Å². The van der Waals surface area contributed by atoms with Gasteiger partial charge in [-0.1, -0.05) is 18.9 Å². The summed E-state index contributed by atoms with van der Waals surface area (Å²) in [6, 6.07) is 5.12. The summed E-state index contributed by atoms with van der Waals surface area (Å²) < 4.78 is 24.4. The molecule has 1 aromatic rings. The average molecular weight is 410 g/mol. The lowest BCUT2D eigenvalue weighted by atomic mass is 10.1. The van der Waals surface area contributed by atoms with Crippen molar-refractivity contribution in [3.63, 3.8) is 0 Å². The molecule has 3 N–H and O–H groups in total. The molecule has 164 valence electrons. The van der Waals surface area contributed by atoms with Crippen molar-refractivity contribution in [2.24, 2.45) is 5.92 Å². The number of benzene rings is 1. The molecule has 0 spiro atoms. The first-order valence-electron chi connectivity index (χ1n) is 10.9. The van der Waals surface area contributed by atoms with Gasteiger partial charge in [0.2, 0.25) is 0 Å². The molecule has 1 aromatic carbocycles. The third kappa shape index (κ3) is 10.1. The Kier molecular flexibility index (Phi) is 11.0. The van der Waals surface area contributed by atoms with Crippen LogP contribution in [-0.2, 0) is 9.53 Å². The molecule has 1 fully saturated rings. The van der Waals surface area contributed by atoms with Gasteiger partial charge in [0.05, 0.1) is 19.8 Å². The van der Waals surface area contributed by atoms with Crippen molar-refractivity contribution in [1.82, 2.24) is 16.2 Å². The van der Waals surface area contributed by atoms with Crippen LogP contribution in [0.4, 0.5) is 4.39 Å². The molecule has 0 saturated heterocycles. The average Bonchev–Trinajstić information content (AvgIpc) is 3.53. The normalized spacial score (nSPS) is 14.6. The number of hydrogen-bond donors (Lipinski definition) is 3. The van der Waals surface area contributed by atoms with Crippen LogP contribution in [0.1, 0.15) is 64.0 Å². The third-order valence-corrected chi connectivity index (χ3v) is 4.93. The fraction of sp³-hybridized carbons (Fsp3) is 0.682. The van der Waals surface area contributed by atoms with Crippen molar-refractivity contribution < 1.29 is 18.7 Å². The van der Waals surface area contributed by atoms with Gasteiger partial charge in [-0.25, -0.2) is 4.39 Å². The Morgan fingerprint density at radius 3 is 2.69 bits per heavy atom. The molecule has 0 amide bonds. The lowest BCUT2D eigenvalue weighted by molar-refractivity contribution is -0.141. The van der Waals surface area contributed by atoms with E-state index in [-0.39, 0.29) is 24.4 Å². The molecule has 1 saturated carbocycles. The Bertz CT molecular complexity index is 611. The number of unbranched alkanes of at least 4 members (excludes halogenated alkanes) is 3. The lowest BCUT2D eigenvalue weighted by Crippen LogP contribution is -2.34. The first-order valence-corrected chi connectivity index (χ1v) is 10.9. The second-order valence-electron chi connectivity index (χ2n) is 7.63. The molecule has 2 rings (SSSR count). The minimum absolute atomic E-state index is 0.0611. The molecule has 0 radical (unpaired) electrons. The van der Waals surface area contributed by atoms with Crippen molar-refractivity contribution in [3.05, 3.63) is 29.6 Å². The van der Waals surface area contributed by atoms with E-state index in [0.717, 1.165) is 44.3 Å². The Morgan fingerprint density at radius 2 is 1.97 bits per heavy atom. The minimum atomic E-state index is -0.300. The SMILES string of the molecule is CCOC(=O)CNCCCCCCNNC(C)c1ccc(F)c(OCC2CC2)c1. The van der Waals surface area contributed by atoms with E-state index in [0.29, 0.717) is 24.9 Å². The van der Waals surface area contributed by atoms with Crippen LogP contribution in [-0.4, -0.2) is 38.8 Å². The smallest absolute Gasteiger partial charge is 0.319 e. The van der Waals surface area contributed by atoms with Crippen LogP contribution in [0.2, 0.25) is 0 Å². The number of hydrazine groups is 1. The summed E-state index contributed by atoms with van der Waals surface area (Å²) in [5, 5.41) is 3.09. The Hall–Kier alpha value is -1.70. The van der Waals surface area contributed by atoms with E-state index >= 15 is 0 Å². The summed E-state index contributed by atoms with van der Waals surface area (Å²) in [5.74, 6) is 0.453. The molecule has 0 heterocycles. The summed E-state index contributed by atoms with van der Waals surface area (Å²) >= 11 is 0. The highest BCUT2D eigenvalue weighted by molar-refractivity contribution is 5.71. The fourth-order valence-corrected chi connectivity index (χ4v) is 2.92. The third-order valence-electron chi connectivity index (χ3n) is 4.93. The lowest BCUT2D eigenvalue weighted by Gasteiger charge is -2.17. The molecular formula is C22H36FN3O3. The van der Waals surface area contributed by atoms with Gasteiger partial charge >= 0.3 is 5.97 Å². The number of nitrogens with one attached hydrogen (secondary N) is 3. The highest BCUT2D eigenvalue weighted by Crippen LogP contribution is 2.30. The molecule has 6 nitrogen and oxygen atoms in total. The van der Waals surface area contributed by atoms with Crippen molar-refractivity contribution in [3.8, 4) is 5.75 Å². The van der Waals surface area contributed by atoms with Crippen molar-refractivity contribution in [1.29, 1.82) is 0 Å². The standard InChI is InChI=1S/C22H36FN3O3/c1-3-28-22(27)15-24-12-6-4-5-7-13-25-26-17(2)19-10-11-20(23)21(14-19)29-16-18-8-9-18/h10-11,14,17-18,24-26H,3-9,12-13,15-16H2,1-2H3. The predicted octanol–water partition coefficient (Wildman–Crippen LogP) is 3.48. The van der Waals surface area contributed by atoms with Gasteiger partial charge in [-0.3, -0.25) is 15.6 Å². The van der Waals surface area contributed by atoms with Crippen LogP contribution in [0, 0.1) is 11.7 Å². The van der Waals surface area contributed by atoms with E-state index in [1.54, 1.807) is 12.1 Å². The quantitative estimate of drug-likeness (QED) is 0.221. The van der Waals surface area contributed by atoms with Gasteiger partial charge in [0.15, 0.2) is 11.6 Å².